The molecule has 0 aliphatic heterocycles. The predicted molar refractivity (Wildman–Crippen MR) is 76.6 cm³/mol. The van der Waals surface area contributed by atoms with Gasteiger partial charge in [-0.2, -0.15) is 0 Å². The number of hydrogen-bond donors (Lipinski definition) is 2. The van der Waals surface area contributed by atoms with Crippen molar-refractivity contribution in [3.8, 4) is 0 Å². The molecule has 1 amide bonds. The van der Waals surface area contributed by atoms with Crippen LogP contribution in [0.2, 0.25) is 0 Å². The van der Waals surface area contributed by atoms with Crippen molar-refractivity contribution < 1.29 is 4.79 Å². The summed E-state index contributed by atoms with van der Waals surface area (Å²) >= 11 is 5.02. The molecule has 0 saturated heterocycles. The molecule has 0 unspecified atom stereocenters. The van der Waals surface area contributed by atoms with Crippen molar-refractivity contribution in [3.05, 3.63) is 44.2 Å². The molecule has 0 aliphatic carbocycles. The number of anilines is 1. The van der Waals surface area contributed by atoms with Crippen LogP contribution in [0.15, 0.2) is 28.1 Å². The Hall–Kier alpha value is -1.40. The number of thiophene rings is 1. The molecule has 6 heteroatoms. The van der Waals surface area contributed by atoms with Crippen LogP contribution in [0.25, 0.3) is 0 Å². The first-order chi connectivity index (χ1) is 8.56. The van der Waals surface area contributed by atoms with E-state index >= 15 is 0 Å². The van der Waals surface area contributed by atoms with E-state index in [1.807, 2.05) is 18.4 Å². The first-order valence-corrected chi connectivity index (χ1v) is 6.98. The number of aryl methyl sites for hydroxylation is 1. The van der Waals surface area contributed by atoms with E-state index in [-0.39, 0.29) is 5.91 Å². The summed E-state index contributed by atoms with van der Waals surface area (Å²) < 4.78 is 1.01. The van der Waals surface area contributed by atoms with E-state index in [9.17, 15) is 4.79 Å². The minimum Gasteiger partial charge on any atom is -0.384 e. The van der Waals surface area contributed by atoms with Crippen molar-refractivity contribution in [1.29, 1.82) is 0 Å². The molecule has 0 aromatic carbocycles. The number of halogens is 1. The largest absolute Gasteiger partial charge is 0.384 e. The molecule has 0 fully saturated rings. The number of amides is 1. The van der Waals surface area contributed by atoms with Crippen LogP contribution in [0.1, 0.15) is 20.9 Å². The Morgan fingerprint density at radius 2 is 2.33 bits per heavy atom. The number of aromatic nitrogens is 1. The Bertz CT molecular complexity index is 562. The fourth-order valence-electron chi connectivity index (χ4n) is 1.54. The number of rotatable bonds is 3. The van der Waals surface area contributed by atoms with Crippen LogP contribution >= 0.6 is 27.3 Å². The summed E-state index contributed by atoms with van der Waals surface area (Å²) in [6, 6.07) is 5.25. The summed E-state index contributed by atoms with van der Waals surface area (Å²) in [4.78, 5) is 17.1. The lowest BCUT2D eigenvalue weighted by Crippen LogP contribution is -2.22. The highest BCUT2D eigenvalue weighted by Gasteiger charge is 2.09. The number of nitrogens with one attached hydrogen (secondary N) is 1. The van der Waals surface area contributed by atoms with Crippen LogP contribution in [0.3, 0.4) is 0 Å². The normalized spacial score (nSPS) is 10.3. The molecule has 0 saturated carbocycles. The highest BCUT2D eigenvalue weighted by atomic mass is 79.9. The lowest BCUT2D eigenvalue weighted by molar-refractivity contribution is 0.0951. The lowest BCUT2D eigenvalue weighted by Gasteiger charge is -2.06. The molecule has 2 rings (SSSR count). The van der Waals surface area contributed by atoms with Gasteiger partial charge in [0.1, 0.15) is 5.82 Å². The van der Waals surface area contributed by atoms with Crippen LogP contribution in [0.5, 0.6) is 0 Å². The van der Waals surface area contributed by atoms with Crippen molar-refractivity contribution >= 4 is 39.0 Å². The van der Waals surface area contributed by atoms with Gasteiger partial charge in [0.15, 0.2) is 0 Å². The van der Waals surface area contributed by atoms with Gasteiger partial charge >= 0.3 is 0 Å². The number of pyridine rings is 1. The average Bonchev–Trinajstić information content (AvgIpc) is 2.70. The third kappa shape index (κ3) is 3.08. The molecular weight excluding hydrogens is 314 g/mol. The second kappa shape index (κ2) is 5.49. The molecular formula is C12H12BrN3OS. The monoisotopic (exact) mass is 325 g/mol. The van der Waals surface area contributed by atoms with E-state index in [0.717, 1.165) is 15.0 Å². The third-order valence-electron chi connectivity index (χ3n) is 2.34. The molecule has 2 aromatic heterocycles. The summed E-state index contributed by atoms with van der Waals surface area (Å²) in [5.41, 5.74) is 6.88. The molecule has 0 spiro atoms. The Labute approximate surface area is 117 Å². The van der Waals surface area contributed by atoms with Gasteiger partial charge < -0.3 is 11.1 Å². The van der Waals surface area contributed by atoms with E-state index in [1.165, 1.54) is 0 Å². The first-order valence-electron chi connectivity index (χ1n) is 5.30. The van der Waals surface area contributed by atoms with Gasteiger partial charge in [0, 0.05) is 20.6 Å². The first kappa shape index (κ1) is 13.0. The summed E-state index contributed by atoms with van der Waals surface area (Å²) in [6.45, 7) is 2.31. The fraction of sp³-hybridized carbons (Fsp3) is 0.167. The second-order valence-electron chi connectivity index (χ2n) is 3.80. The van der Waals surface area contributed by atoms with Gasteiger partial charge in [-0.1, -0.05) is 0 Å². The molecule has 4 nitrogen and oxygen atoms in total. The maximum absolute atomic E-state index is 12.0. The van der Waals surface area contributed by atoms with E-state index in [1.54, 1.807) is 23.5 Å². The molecule has 2 heterocycles. The molecule has 18 heavy (non-hydrogen) atoms. The minimum atomic E-state index is -0.146. The van der Waals surface area contributed by atoms with Gasteiger partial charge in [0.05, 0.1) is 6.54 Å². The van der Waals surface area contributed by atoms with Crippen LogP contribution < -0.4 is 11.1 Å². The van der Waals surface area contributed by atoms with E-state index < -0.39 is 0 Å². The Kier molecular flexibility index (Phi) is 3.98. The van der Waals surface area contributed by atoms with Crippen molar-refractivity contribution in [2.45, 2.75) is 13.5 Å². The smallest absolute Gasteiger partial charge is 0.251 e. The highest BCUT2D eigenvalue weighted by Crippen LogP contribution is 2.22. The van der Waals surface area contributed by atoms with Gasteiger partial charge in [-0.3, -0.25) is 4.79 Å². The highest BCUT2D eigenvalue weighted by molar-refractivity contribution is 9.10. The van der Waals surface area contributed by atoms with E-state index in [2.05, 4.69) is 26.2 Å². The van der Waals surface area contributed by atoms with Crippen LogP contribution in [-0.4, -0.2) is 10.9 Å². The van der Waals surface area contributed by atoms with Gasteiger partial charge in [0.25, 0.3) is 5.91 Å². The topological polar surface area (TPSA) is 68.0 Å². The number of carbonyl (C=O) groups excluding carboxylic acids is 1. The predicted octanol–water partition coefficient (Wildman–Crippen LogP) is 2.73. The number of nitrogens with two attached hydrogens (primary N) is 1. The van der Waals surface area contributed by atoms with Gasteiger partial charge in [-0.25, -0.2) is 4.98 Å². The van der Waals surface area contributed by atoms with E-state index in [4.69, 9.17) is 5.73 Å². The standard InChI is InChI=1S/C12H12BrN3OS/c1-7-4-8(5-11(14)16-7)12(17)15-6-10-9(13)2-3-18-10/h2-5H,6H2,1H3,(H2,14,16)(H,15,17). The van der Waals surface area contributed by atoms with E-state index in [0.29, 0.717) is 17.9 Å². The number of carbonyl (C=O) groups is 1. The van der Waals surface area contributed by atoms with Crippen molar-refractivity contribution in [2.24, 2.45) is 0 Å². The zero-order chi connectivity index (χ0) is 13.1. The lowest BCUT2D eigenvalue weighted by atomic mass is 10.2. The zero-order valence-electron chi connectivity index (χ0n) is 9.74. The molecule has 0 radical (unpaired) electrons. The molecule has 3 N–H and O–H groups in total. The Morgan fingerprint density at radius 1 is 1.56 bits per heavy atom. The Morgan fingerprint density at radius 3 is 2.94 bits per heavy atom. The summed E-state index contributed by atoms with van der Waals surface area (Å²) in [7, 11) is 0. The van der Waals surface area contributed by atoms with Crippen LogP contribution in [-0.2, 0) is 6.54 Å². The molecule has 0 aliphatic rings. The maximum atomic E-state index is 12.0. The third-order valence-corrected chi connectivity index (χ3v) is 4.26. The molecule has 94 valence electrons. The minimum absolute atomic E-state index is 0.146. The maximum Gasteiger partial charge on any atom is 0.251 e. The summed E-state index contributed by atoms with van der Waals surface area (Å²) in [5, 5.41) is 4.83. The molecule has 0 atom stereocenters. The zero-order valence-corrected chi connectivity index (χ0v) is 12.1. The van der Waals surface area contributed by atoms with Crippen LogP contribution in [0, 0.1) is 6.92 Å². The Balaban J connectivity index is 2.06. The molecule has 2 aromatic rings. The number of hydrogen-bond acceptors (Lipinski definition) is 4. The number of nitrogens with zero attached hydrogens (tertiary/aromatic N) is 1. The second-order valence-corrected chi connectivity index (χ2v) is 5.65. The van der Waals surface area contributed by atoms with Crippen LogP contribution in [0.4, 0.5) is 5.82 Å². The summed E-state index contributed by atoms with van der Waals surface area (Å²) in [5.74, 6) is 0.213. The van der Waals surface area contributed by atoms with Gasteiger partial charge in [-0.05, 0) is 46.4 Å². The van der Waals surface area contributed by atoms with Crippen molar-refractivity contribution in [1.82, 2.24) is 10.3 Å². The van der Waals surface area contributed by atoms with Crippen molar-refractivity contribution in [3.63, 3.8) is 0 Å². The molecule has 0 bridgehead atoms. The SMILES string of the molecule is Cc1cc(C(=O)NCc2sccc2Br)cc(N)n1. The quantitative estimate of drug-likeness (QED) is 0.911. The number of nitrogen functional groups attached to an aromatic ring is 1. The van der Waals surface area contributed by atoms with Crippen molar-refractivity contribution in [2.75, 3.05) is 5.73 Å². The fourth-order valence-corrected chi connectivity index (χ4v) is 2.97. The van der Waals surface area contributed by atoms with Gasteiger partial charge in [0.2, 0.25) is 0 Å². The summed E-state index contributed by atoms with van der Waals surface area (Å²) in [6.07, 6.45) is 0. The van der Waals surface area contributed by atoms with Gasteiger partial charge in [-0.15, -0.1) is 11.3 Å². The average molecular weight is 326 g/mol.